The van der Waals surface area contributed by atoms with Gasteiger partial charge < -0.3 is 4.74 Å². The van der Waals surface area contributed by atoms with Crippen LogP contribution < -0.4 is 4.74 Å². The van der Waals surface area contributed by atoms with Crippen LogP contribution in [0.1, 0.15) is 43.0 Å². The van der Waals surface area contributed by atoms with Gasteiger partial charge in [0.15, 0.2) is 0 Å². The molecule has 1 aliphatic heterocycles. The quantitative estimate of drug-likeness (QED) is 0.819. The number of rotatable bonds is 5. The number of benzene rings is 1. The van der Waals surface area contributed by atoms with Crippen molar-refractivity contribution in [2.45, 2.75) is 38.6 Å². The zero-order valence-corrected chi connectivity index (χ0v) is 13.9. The summed E-state index contributed by atoms with van der Waals surface area (Å²) in [5, 5.41) is 0. The number of nitrogens with zero attached hydrogens (tertiary/aromatic N) is 2. The minimum Gasteiger partial charge on any atom is -0.490 e. The van der Waals surface area contributed by atoms with Crippen molar-refractivity contribution >= 4 is 0 Å². The highest BCUT2D eigenvalue weighted by Crippen LogP contribution is 2.25. The van der Waals surface area contributed by atoms with E-state index < -0.39 is 0 Å². The minimum atomic E-state index is 0.315. The Morgan fingerprint density at radius 2 is 1.74 bits per heavy atom. The fourth-order valence-electron chi connectivity index (χ4n) is 3.21. The van der Waals surface area contributed by atoms with E-state index in [9.17, 15) is 0 Å². The molecular formula is C20H26N2O. The van der Waals surface area contributed by atoms with Gasteiger partial charge in [0, 0.05) is 5.69 Å². The molecule has 2 heterocycles. The third-order valence-electron chi connectivity index (χ3n) is 4.56. The van der Waals surface area contributed by atoms with Gasteiger partial charge in [-0.15, -0.1) is 0 Å². The van der Waals surface area contributed by atoms with Gasteiger partial charge in [0.1, 0.15) is 12.4 Å². The predicted molar refractivity (Wildman–Crippen MR) is 93.7 cm³/mol. The zero-order valence-electron chi connectivity index (χ0n) is 13.9. The first-order valence-electron chi connectivity index (χ1n) is 8.67. The summed E-state index contributed by atoms with van der Waals surface area (Å²) in [5.41, 5.74) is 2.36. The van der Waals surface area contributed by atoms with Crippen LogP contribution in [-0.4, -0.2) is 29.6 Å². The van der Waals surface area contributed by atoms with Gasteiger partial charge >= 0.3 is 0 Å². The molecule has 0 spiro atoms. The maximum atomic E-state index is 6.07. The highest BCUT2D eigenvalue weighted by atomic mass is 16.5. The third kappa shape index (κ3) is 4.55. The van der Waals surface area contributed by atoms with Gasteiger partial charge in [0.05, 0.1) is 12.2 Å². The Labute approximate surface area is 139 Å². The Morgan fingerprint density at radius 1 is 1.00 bits per heavy atom. The van der Waals surface area contributed by atoms with E-state index >= 15 is 0 Å². The van der Waals surface area contributed by atoms with Gasteiger partial charge in [0.25, 0.3) is 0 Å². The number of hydrogen-bond donors (Lipinski definition) is 0. The molecule has 0 aliphatic carbocycles. The number of aryl methyl sites for hydroxylation is 1. The summed E-state index contributed by atoms with van der Waals surface area (Å²) in [6.45, 7) is 4.99. The predicted octanol–water partition coefficient (Wildman–Crippen LogP) is 4.39. The van der Waals surface area contributed by atoms with Crippen molar-refractivity contribution in [3.05, 3.63) is 59.9 Å². The van der Waals surface area contributed by atoms with E-state index in [-0.39, 0.29) is 0 Å². The summed E-state index contributed by atoms with van der Waals surface area (Å²) in [4.78, 5) is 6.91. The molecule has 23 heavy (non-hydrogen) atoms. The van der Waals surface area contributed by atoms with E-state index in [4.69, 9.17) is 4.74 Å². The van der Waals surface area contributed by atoms with E-state index in [1.807, 2.05) is 25.3 Å². The number of likely N-dealkylation sites (tertiary alicyclic amines) is 1. The molecule has 3 rings (SSSR count). The third-order valence-corrected chi connectivity index (χ3v) is 4.56. The zero-order chi connectivity index (χ0) is 15.9. The monoisotopic (exact) mass is 310 g/mol. The van der Waals surface area contributed by atoms with Crippen molar-refractivity contribution in [1.82, 2.24) is 9.88 Å². The molecule has 1 saturated heterocycles. The minimum absolute atomic E-state index is 0.315. The summed E-state index contributed by atoms with van der Waals surface area (Å²) in [7, 11) is 0. The summed E-state index contributed by atoms with van der Waals surface area (Å²) in [5.74, 6) is 0.853. The van der Waals surface area contributed by atoms with Gasteiger partial charge in [-0.3, -0.25) is 9.88 Å². The molecule has 0 radical (unpaired) electrons. The van der Waals surface area contributed by atoms with Gasteiger partial charge in [0.2, 0.25) is 0 Å². The lowest BCUT2D eigenvalue weighted by Crippen LogP contribution is -2.33. The van der Waals surface area contributed by atoms with Crippen LogP contribution in [0.25, 0.3) is 0 Å². The number of hydrogen-bond acceptors (Lipinski definition) is 3. The molecule has 122 valence electrons. The first-order valence-corrected chi connectivity index (χ1v) is 8.67. The van der Waals surface area contributed by atoms with Crippen molar-refractivity contribution in [3.63, 3.8) is 0 Å². The molecule has 0 saturated carbocycles. The standard InChI is InChI=1S/C20H26N2O/c1-17-11-12-19(15-21-17)23-16-20(18-9-5-4-6-10-18)22-13-7-2-3-8-14-22/h4-6,9-12,15,20H,2-3,7-8,13-14,16H2,1H3/t20-/m0/s1. The van der Waals surface area contributed by atoms with E-state index in [0.29, 0.717) is 12.6 Å². The summed E-state index contributed by atoms with van der Waals surface area (Å²) in [6.07, 6.45) is 7.09. The van der Waals surface area contributed by atoms with Crippen LogP contribution in [0.3, 0.4) is 0 Å². The second-order valence-corrected chi connectivity index (χ2v) is 6.32. The van der Waals surface area contributed by atoms with Crippen molar-refractivity contribution in [2.75, 3.05) is 19.7 Å². The van der Waals surface area contributed by atoms with E-state index in [0.717, 1.165) is 24.5 Å². The molecule has 1 atom stereocenters. The maximum Gasteiger partial charge on any atom is 0.137 e. The van der Waals surface area contributed by atoms with Crippen molar-refractivity contribution in [1.29, 1.82) is 0 Å². The summed E-state index contributed by atoms with van der Waals surface area (Å²) in [6, 6.07) is 15.1. The molecule has 0 unspecified atom stereocenters. The Morgan fingerprint density at radius 3 is 2.39 bits per heavy atom. The van der Waals surface area contributed by atoms with Crippen LogP contribution in [0.5, 0.6) is 5.75 Å². The SMILES string of the molecule is Cc1ccc(OC[C@@H](c2ccccc2)N2CCCCCC2)cn1. The lowest BCUT2D eigenvalue weighted by atomic mass is 10.1. The Balaban J connectivity index is 1.73. The van der Waals surface area contributed by atoms with E-state index in [1.54, 1.807) is 0 Å². The molecule has 1 aromatic carbocycles. The van der Waals surface area contributed by atoms with E-state index in [1.165, 1.54) is 31.2 Å². The van der Waals surface area contributed by atoms with Gasteiger partial charge in [-0.1, -0.05) is 43.2 Å². The second kappa shape index (κ2) is 8.11. The summed E-state index contributed by atoms with van der Waals surface area (Å²) >= 11 is 0. The first kappa shape index (κ1) is 16.0. The molecule has 1 fully saturated rings. The normalized spacial score (nSPS) is 17.4. The van der Waals surface area contributed by atoms with Crippen LogP contribution >= 0.6 is 0 Å². The molecule has 3 heteroatoms. The van der Waals surface area contributed by atoms with Crippen molar-refractivity contribution in [2.24, 2.45) is 0 Å². The lowest BCUT2D eigenvalue weighted by Gasteiger charge is -2.31. The smallest absolute Gasteiger partial charge is 0.137 e. The molecule has 1 aliphatic rings. The highest BCUT2D eigenvalue weighted by molar-refractivity contribution is 5.22. The molecular weight excluding hydrogens is 284 g/mol. The van der Waals surface area contributed by atoms with Crippen molar-refractivity contribution in [3.8, 4) is 5.75 Å². The first-order chi connectivity index (χ1) is 11.3. The Kier molecular flexibility index (Phi) is 5.65. The number of pyridine rings is 1. The average molecular weight is 310 g/mol. The molecule has 0 bridgehead atoms. The molecule has 0 amide bonds. The maximum absolute atomic E-state index is 6.07. The Bertz CT molecular complexity index is 574. The van der Waals surface area contributed by atoms with Gasteiger partial charge in [-0.25, -0.2) is 0 Å². The van der Waals surface area contributed by atoms with Crippen LogP contribution in [0, 0.1) is 6.92 Å². The highest BCUT2D eigenvalue weighted by Gasteiger charge is 2.22. The van der Waals surface area contributed by atoms with Crippen LogP contribution in [0.2, 0.25) is 0 Å². The molecule has 2 aromatic rings. The molecule has 0 N–H and O–H groups in total. The fraction of sp³-hybridized carbons (Fsp3) is 0.450. The number of aromatic nitrogens is 1. The van der Waals surface area contributed by atoms with Crippen LogP contribution in [0.4, 0.5) is 0 Å². The Hall–Kier alpha value is -1.87. The fourth-order valence-corrected chi connectivity index (χ4v) is 3.21. The second-order valence-electron chi connectivity index (χ2n) is 6.32. The van der Waals surface area contributed by atoms with E-state index in [2.05, 4.69) is 40.2 Å². The lowest BCUT2D eigenvalue weighted by molar-refractivity contribution is 0.138. The molecule has 1 aromatic heterocycles. The van der Waals surface area contributed by atoms with Crippen LogP contribution in [0.15, 0.2) is 48.7 Å². The summed E-state index contributed by atoms with van der Waals surface area (Å²) < 4.78 is 6.07. The number of ether oxygens (including phenoxy) is 1. The van der Waals surface area contributed by atoms with Crippen LogP contribution in [-0.2, 0) is 0 Å². The average Bonchev–Trinajstić information content (AvgIpc) is 2.87. The largest absolute Gasteiger partial charge is 0.490 e. The van der Waals surface area contributed by atoms with Gasteiger partial charge in [-0.05, 0) is 50.6 Å². The van der Waals surface area contributed by atoms with Gasteiger partial charge in [-0.2, -0.15) is 0 Å². The van der Waals surface area contributed by atoms with Crippen molar-refractivity contribution < 1.29 is 4.74 Å². The molecule has 3 nitrogen and oxygen atoms in total. The topological polar surface area (TPSA) is 25.4 Å².